The number of hydrogen-bond donors (Lipinski definition) is 0. The Hall–Kier alpha value is -2.61. The van der Waals surface area contributed by atoms with Crippen LogP contribution in [0.3, 0.4) is 0 Å². The van der Waals surface area contributed by atoms with E-state index in [1.165, 1.54) is 0 Å². The van der Waals surface area contributed by atoms with Crippen LogP contribution >= 0.6 is 0 Å². The summed E-state index contributed by atoms with van der Waals surface area (Å²) in [6.45, 7) is -0.249. The number of rotatable bonds is 4. The Labute approximate surface area is 145 Å². The van der Waals surface area contributed by atoms with Crippen LogP contribution in [0.5, 0.6) is 0 Å². The molecule has 2 aromatic carbocycles. The summed E-state index contributed by atoms with van der Waals surface area (Å²) < 4.78 is 71.8. The molecular formula is C18H12F5NO2. The van der Waals surface area contributed by atoms with Crippen LogP contribution in [0.25, 0.3) is 0 Å². The van der Waals surface area contributed by atoms with Gasteiger partial charge in [0.1, 0.15) is 11.6 Å². The van der Waals surface area contributed by atoms with Crippen molar-refractivity contribution in [3.63, 3.8) is 0 Å². The summed E-state index contributed by atoms with van der Waals surface area (Å²) in [6.07, 6.45) is -4.26. The Morgan fingerprint density at radius 3 is 2.19 bits per heavy atom. The molecule has 2 atom stereocenters. The fourth-order valence-electron chi connectivity index (χ4n) is 2.70. The minimum absolute atomic E-state index is 0.249. The number of halogens is 5. The second-order valence-electron chi connectivity index (χ2n) is 5.75. The van der Waals surface area contributed by atoms with Gasteiger partial charge in [0.05, 0.1) is 6.61 Å². The Balaban J connectivity index is 2.02. The molecule has 0 saturated heterocycles. The van der Waals surface area contributed by atoms with Crippen molar-refractivity contribution < 1.29 is 31.5 Å². The van der Waals surface area contributed by atoms with E-state index in [4.69, 9.17) is 4.74 Å². The standard InChI is InChI=1S/C18H12F5NO2/c19-13-6-12(7-14(20)8-13)17(26-9-11-4-2-1-3-5-11)10-24-15(16(17)25)18(21,22)23/h1-8,10,15H,9H2. The third-order valence-corrected chi connectivity index (χ3v) is 3.93. The number of carbonyl (C=O) groups is 1. The van der Waals surface area contributed by atoms with Gasteiger partial charge in [-0.15, -0.1) is 0 Å². The number of ketones is 1. The predicted octanol–water partition coefficient (Wildman–Crippen LogP) is 3.96. The van der Waals surface area contributed by atoms with Gasteiger partial charge in [0, 0.05) is 17.8 Å². The van der Waals surface area contributed by atoms with Gasteiger partial charge in [-0.1, -0.05) is 30.3 Å². The van der Waals surface area contributed by atoms with Crippen LogP contribution in [0.2, 0.25) is 0 Å². The SMILES string of the molecule is O=C1C(C(F)(F)F)N=CC1(OCc1ccccc1)c1cc(F)cc(F)c1. The minimum Gasteiger partial charge on any atom is -0.352 e. The lowest BCUT2D eigenvalue weighted by atomic mass is 9.88. The summed E-state index contributed by atoms with van der Waals surface area (Å²) in [4.78, 5) is 15.7. The second-order valence-corrected chi connectivity index (χ2v) is 5.75. The van der Waals surface area contributed by atoms with E-state index < -0.39 is 35.2 Å². The lowest BCUT2D eigenvalue weighted by Gasteiger charge is -2.27. The predicted molar refractivity (Wildman–Crippen MR) is 82.6 cm³/mol. The van der Waals surface area contributed by atoms with Gasteiger partial charge in [0.2, 0.25) is 11.8 Å². The number of ether oxygens (including phenoxy) is 1. The fourth-order valence-corrected chi connectivity index (χ4v) is 2.70. The Bertz CT molecular complexity index is 830. The van der Waals surface area contributed by atoms with Gasteiger partial charge in [0.15, 0.2) is 5.60 Å². The van der Waals surface area contributed by atoms with Gasteiger partial charge < -0.3 is 4.74 Å². The number of Topliss-reactive ketones (excluding diaryl/α,β-unsaturated/α-hetero) is 1. The van der Waals surface area contributed by atoms with Crippen LogP contribution in [0.4, 0.5) is 22.0 Å². The van der Waals surface area contributed by atoms with E-state index in [9.17, 15) is 26.7 Å². The van der Waals surface area contributed by atoms with Crippen LogP contribution < -0.4 is 0 Å². The normalized spacial score (nSPS) is 22.8. The van der Waals surface area contributed by atoms with Crippen LogP contribution in [0, 0.1) is 11.6 Å². The number of alkyl halides is 3. The first-order chi connectivity index (χ1) is 12.2. The third kappa shape index (κ3) is 3.37. The average Bonchev–Trinajstić information content (AvgIpc) is 2.91. The first-order valence-electron chi connectivity index (χ1n) is 7.52. The molecular weight excluding hydrogens is 357 g/mol. The molecule has 0 radical (unpaired) electrons. The molecule has 3 nitrogen and oxygen atoms in total. The smallest absolute Gasteiger partial charge is 0.352 e. The maximum absolute atomic E-state index is 13.6. The maximum atomic E-state index is 13.6. The summed E-state index contributed by atoms with van der Waals surface area (Å²) in [5.41, 5.74) is -2.13. The molecule has 1 heterocycles. The van der Waals surface area contributed by atoms with E-state index in [1.807, 2.05) is 0 Å². The summed E-state index contributed by atoms with van der Waals surface area (Å²) >= 11 is 0. The highest BCUT2D eigenvalue weighted by molar-refractivity contribution is 6.11. The molecule has 8 heteroatoms. The molecule has 1 aliphatic rings. The molecule has 0 aliphatic carbocycles. The van der Waals surface area contributed by atoms with Crippen molar-refractivity contribution in [1.82, 2.24) is 0 Å². The van der Waals surface area contributed by atoms with Crippen LogP contribution in [-0.4, -0.2) is 24.2 Å². The molecule has 0 fully saturated rings. The van der Waals surface area contributed by atoms with Gasteiger partial charge in [0.25, 0.3) is 0 Å². The number of hydrogen-bond acceptors (Lipinski definition) is 3. The Kier molecular flexibility index (Phi) is 4.62. The van der Waals surface area contributed by atoms with Gasteiger partial charge >= 0.3 is 6.18 Å². The maximum Gasteiger partial charge on any atom is 0.418 e. The molecule has 1 aliphatic heterocycles. The number of aliphatic imine (C=N–C) groups is 1. The van der Waals surface area contributed by atoms with E-state index >= 15 is 0 Å². The highest BCUT2D eigenvalue weighted by Crippen LogP contribution is 2.38. The van der Waals surface area contributed by atoms with E-state index in [-0.39, 0.29) is 12.2 Å². The average molecular weight is 369 g/mol. The first-order valence-corrected chi connectivity index (χ1v) is 7.52. The molecule has 0 amide bonds. The summed E-state index contributed by atoms with van der Waals surface area (Å²) in [7, 11) is 0. The summed E-state index contributed by atoms with van der Waals surface area (Å²) in [5.74, 6) is -3.52. The quantitative estimate of drug-likeness (QED) is 0.766. The minimum atomic E-state index is -4.93. The highest BCUT2D eigenvalue weighted by atomic mass is 19.4. The van der Waals surface area contributed by atoms with E-state index in [1.54, 1.807) is 30.3 Å². The first kappa shape index (κ1) is 18.2. The largest absolute Gasteiger partial charge is 0.418 e. The van der Waals surface area contributed by atoms with Gasteiger partial charge in [-0.25, -0.2) is 8.78 Å². The van der Waals surface area contributed by atoms with E-state index in [0.29, 0.717) is 17.8 Å². The van der Waals surface area contributed by atoms with Crippen LogP contribution in [-0.2, 0) is 21.7 Å². The lowest BCUT2D eigenvalue weighted by molar-refractivity contribution is -0.169. The van der Waals surface area contributed by atoms with Crippen molar-refractivity contribution in [1.29, 1.82) is 0 Å². The molecule has 0 spiro atoms. The van der Waals surface area contributed by atoms with Crippen molar-refractivity contribution in [2.45, 2.75) is 24.4 Å². The van der Waals surface area contributed by atoms with Crippen molar-refractivity contribution >= 4 is 12.0 Å². The van der Waals surface area contributed by atoms with E-state index in [2.05, 4.69) is 4.99 Å². The molecule has 2 aromatic rings. The van der Waals surface area contributed by atoms with E-state index in [0.717, 1.165) is 12.1 Å². The molecule has 0 saturated carbocycles. The Morgan fingerprint density at radius 2 is 1.65 bits per heavy atom. The zero-order valence-corrected chi connectivity index (χ0v) is 13.1. The molecule has 136 valence electrons. The third-order valence-electron chi connectivity index (χ3n) is 3.93. The molecule has 0 N–H and O–H groups in total. The van der Waals surface area contributed by atoms with Gasteiger partial charge in [-0.2, -0.15) is 13.2 Å². The molecule has 0 aromatic heterocycles. The topological polar surface area (TPSA) is 38.7 Å². The zero-order chi connectivity index (χ0) is 18.9. The number of nitrogens with zero attached hydrogens (tertiary/aromatic N) is 1. The zero-order valence-electron chi connectivity index (χ0n) is 13.1. The Morgan fingerprint density at radius 1 is 1.04 bits per heavy atom. The lowest BCUT2D eigenvalue weighted by Crippen LogP contribution is -2.45. The highest BCUT2D eigenvalue weighted by Gasteiger charge is 2.57. The van der Waals surface area contributed by atoms with Crippen LogP contribution in [0.1, 0.15) is 11.1 Å². The molecule has 0 bridgehead atoms. The molecule has 26 heavy (non-hydrogen) atoms. The van der Waals surface area contributed by atoms with Crippen LogP contribution in [0.15, 0.2) is 53.5 Å². The summed E-state index contributed by atoms with van der Waals surface area (Å²) in [6, 6.07) is 7.77. The number of benzene rings is 2. The van der Waals surface area contributed by atoms with Crippen molar-refractivity contribution in [3.05, 3.63) is 71.3 Å². The van der Waals surface area contributed by atoms with Gasteiger partial charge in [-0.05, 0) is 17.7 Å². The molecule has 3 rings (SSSR count). The van der Waals surface area contributed by atoms with Gasteiger partial charge in [-0.3, -0.25) is 9.79 Å². The fraction of sp³-hybridized carbons (Fsp3) is 0.222. The summed E-state index contributed by atoms with van der Waals surface area (Å²) in [5, 5.41) is 0. The molecule has 2 unspecified atom stereocenters. The monoisotopic (exact) mass is 369 g/mol. The van der Waals surface area contributed by atoms with Crippen molar-refractivity contribution in [3.8, 4) is 0 Å². The van der Waals surface area contributed by atoms with Crippen molar-refractivity contribution in [2.75, 3.05) is 0 Å². The van der Waals surface area contributed by atoms with Crippen molar-refractivity contribution in [2.24, 2.45) is 4.99 Å². The second kappa shape index (κ2) is 6.60. The number of carbonyl (C=O) groups excluding carboxylic acids is 1.